The number of aromatic nitrogens is 4. The lowest BCUT2D eigenvalue weighted by Gasteiger charge is -2.23. The molecule has 1 aliphatic carbocycles. The maximum absolute atomic E-state index is 5.29. The van der Waals surface area contributed by atoms with E-state index in [9.17, 15) is 0 Å². The summed E-state index contributed by atoms with van der Waals surface area (Å²) in [4.78, 5) is 10.5. The highest BCUT2D eigenvalue weighted by molar-refractivity contribution is 6.31. The molecule has 0 aliphatic heterocycles. The van der Waals surface area contributed by atoms with Crippen molar-refractivity contribution in [2.24, 2.45) is 0 Å². The summed E-state index contributed by atoms with van der Waals surface area (Å²) in [6.07, 6.45) is 0. The zero-order valence-corrected chi connectivity index (χ0v) is 31.6. The smallest absolute Gasteiger partial charge is 0.160 e. The summed E-state index contributed by atoms with van der Waals surface area (Å²) >= 11 is 0. The van der Waals surface area contributed by atoms with Gasteiger partial charge in [0.2, 0.25) is 0 Å². The van der Waals surface area contributed by atoms with Crippen molar-refractivity contribution in [3.8, 4) is 45.1 Å². The molecule has 0 unspecified atom stereocenters. The second-order valence-corrected chi connectivity index (χ2v) is 15.7. The van der Waals surface area contributed by atoms with Gasteiger partial charge >= 0.3 is 0 Å². The van der Waals surface area contributed by atoms with Gasteiger partial charge in [-0.15, -0.1) is 0 Å². The predicted octanol–water partition coefficient (Wildman–Crippen LogP) is 13.5. The monoisotopic (exact) mass is 728 g/mol. The Bertz CT molecular complexity index is 3410. The minimum absolute atomic E-state index is 0.241. The average Bonchev–Trinajstić information content (AvgIpc) is 3.87. The highest BCUT2D eigenvalue weighted by Gasteiger charge is 2.41. The first-order chi connectivity index (χ1) is 28.1. The zero-order chi connectivity index (χ0) is 37.8. The molecule has 1 aliphatic rings. The zero-order valence-electron chi connectivity index (χ0n) is 31.6. The highest BCUT2D eigenvalue weighted by Crippen LogP contribution is 2.58. The van der Waals surface area contributed by atoms with E-state index in [4.69, 9.17) is 9.97 Å². The quantitative estimate of drug-likeness (QED) is 0.181. The molecule has 0 N–H and O–H groups in total. The molecule has 4 nitrogen and oxygen atoms in total. The van der Waals surface area contributed by atoms with Crippen molar-refractivity contribution in [2.75, 3.05) is 0 Å². The Hall–Kier alpha value is -7.30. The molecule has 4 heteroatoms. The first-order valence-electron chi connectivity index (χ1n) is 19.7. The molecule has 0 atom stereocenters. The molecular weight excluding hydrogens is 693 g/mol. The third-order valence-corrected chi connectivity index (χ3v) is 12.2. The summed E-state index contributed by atoms with van der Waals surface area (Å²) in [7, 11) is 0. The fourth-order valence-electron chi connectivity index (χ4n) is 9.86. The molecule has 0 radical (unpaired) electrons. The number of hydrogen-bond acceptors (Lipinski definition) is 2. The number of hydrogen-bond donors (Lipinski definition) is 0. The molecule has 0 fully saturated rings. The SMILES string of the molecule is CC1(C)c2ccccc2-c2c1c1c3ccccc3n(-c3ccc4nc(-c5ccccc5)nc(-c5ccccc5)c4c3)c1c1c2c2ccccc2n1-c1ccccc1. The molecule has 0 bridgehead atoms. The van der Waals surface area contributed by atoms with Crippen LogP contribution < -0.4 is 0 Å². The summed E-state index contributed by atoms with van der Waals surface area (Å²) in [6.45, 7) is 4.82. The standard InChI is InChI=1S/C53H36N4/c1-53(2)41-27-15-12-24-37(41)45-46-38-25-13-16-28-43(38)56(35-22-10-5-11-23-35)50(46)51-47(48(45)53)39-26-14-17-29-44(39)57(51)36-30-31-42-40(32-36)49(33-18-6-3-7-19-33)55-52(54-42)34-20-8-4-9-21-34/h3-32H,1-2H3. The average molecular weight is 729 g/mol. The van der Waals surface area contributed by atoms with Gasteiger partial charge in [0.05, 0.1) is 33.3 Å². The van der Waals surface area contributed by atoms with Gasteiger partial charge in [0.15, 0.2) is 5.82 Å². The van der Waals surface area contributed by atoms with Crippen molar-refractivity contribution in [2.45, 2.75) is 19.3 Å². The van der Waals surface area contributed by atoms with Gasteiger partial charge in [-0.1, -0.05) is 153 Å². The molecule has 8 aromatic carbocycles. The van der Waals surface area contributed by atoms with Gasteiger partial charge in [0, 0.05) is 54.8 Å². The summed E-state index contributed by atoms with van der Waals surface area (Å²) < 4.78 is 5.02. The molecule has 268 valence electrons. The fourth-order valence-corrected chi connectivity index (χ4v) is 9.86. The maximum atomic E-state index is 5.29. The molecule has 3 aromatic heterocycles. The lowest BCUT2D eigenvalue weighted by molar-refractivity contribution is 0.667. The lowest BCUT2D eigenvalue weighted by atomic mass is 9.80. The van der Waals surface area contributed by atoms with Crippen LogP contribution in [-0.4, -0.2) is 19.1 Å². The van der Waals surface area contributed by atoms with Gasteiger partial charge in [-0.25, -0.2) is 9.97 Å². The van der Waals surface area contributed by atoms with Gasteiger partial charge < -0.3 is 9.13 Å². The van der Waals surface area contributed by atoms with Crippen LogP contribution in [-0.2, 0) is 5.41 Å². The second kappa shape index (κ2) is 11.8. The van der Waals surface area contributed by atoms with E-state index in [2.05, 4.69) is 187 Å². The Morgan fingerprint density at radius 3 is 1.74 bits per heavy atom. The highest BCUT2D eigenvalue weighted by atomic mass is 15.0. The van der Waals surface area contributed by atoms with Crippen molar-refractivity contribution in [3.05, 3.63) is 193 Å². The van der Waals surface area contributed by atoms with Crippen LogP contribution >= 0.6 is 0 Å². The van der Waals surface area contributed by atoms with Crippen LogP contribution in [0.1, 0.15) is 25.0 Å². The van der Waals surface area contributed by atoms with Gasteiger partial charge in [-0.05, 0) is 64.7 Å². The minimum atomic E-state index is -0.241. The topological polar surface area (TPSA) is 35.6 Å². The molecule has 0 saturated carbocycles. The normalized spacial score (nSPS) is 13.2. The van der Waals surface area contributed by atoms with E-state index in [1.165, 1.54) is 65.9 Å². The fraction of sp³-hybridized carbons (Fsp3) is 0.0566. The lowest BCUT2D eigenvalue weighted by Crippen LogP contribution is -2.15. The van der Waals surface area contributed by atoms with E-state index in [-0.39, 0.29) is 5.41 Å². The number of rotatable bonds is 4. The van der Waals surface area contributed by atoms with Gasteiger partial charge in [0.1, 0.15) is 0 Å². The first kappa shape index (κ1) is 32.0. The van der Waals surface area contributed by atoms with Crippen LogP contribution in [0.15, 0.2) is 182 Å². The van der Waals surface area contributed by atoms with Crippen molar-refractivity contribution in [1.82, 2.24) is 19.1 Å². The second-order valence-electron chi connectivity index (χ2n) is 15.7. The van der Waals surface area contributed by atoms with Crippen molar-refractivity contribution >= 4 is 54.5 Å². The Labute approximate surface area is 329 Å². The minimum Gasteiger partial charge on any atom is -0.307 e. The van der Waals surface area contributed by atoms with Crippen molar-refractivity contribution in [3.63, 3.8) is 0 Å². The summed E-state index contributed by atoms with van der Waals surface area (Å²) in [6, 6.07) is 65.4. The molecule has 0 amide bonds. The van der Waals surface area contributed by atoms with E-state index >= 15 is 0 Å². The molecule has 0 saturated heterocycles. The van der Waals surface area contributed by atoms with Crippen LogP contribution in [0.3, 0.4) is 0 Å². The molecule has 12 rings (SSSR count). The van der Waals surface area contributed by atoms with E-state index in [0.717, 1.165) is 44.9 Å². The molecule has 0 spiro atoms. The van der Waals surface area contributed by atoms with Crippen molar-refractivity contribution in [1.29, 1.82) is 0 Å². The Balaban J connectivity index is 1.29. The van der Waals surface area contributed by atoms with Gasteiger partial charge in [-0.3, -0.25) is 0 Å². The van der Waals surface area contributed by atoms with Gasteiger partial charge in [-0.2, -0.15) is 0 Å². The summed E-state index contributed by atoms with van der Waals surface area (Å²) in [5, 5.41) is 6.10. The largest absolute Gasteiger partial charge is 0.307 e. The van der Waals surface area contributed by atoms with E-state index < -0.39 is 0 Å². The van der Waals surface area contributed by atoms with Crippen LogP contribution in [0.4, 0.5) is 0 Å². The van der Waals surface area contributed by atoms with E-state index in [1.807, 2.05) is 18.2 Å². The number of para-hydroxylation sites is 3. The molecule has 3 heterocycles. The van der Waals surface area contributed by atoms with E-state index in [1.54, 1.807) is 0 Å². The third-order valence-electron chi connectivity index (χ3n) is 12.2. The summed E-state index contributed by atoms with van der Waals surface area (Å²) in [5.74, 6) is 0.720. The van der Waals surface area contributed by atoms with Crippen LogP contribution in [0.2, 0.25) is 0 Å². The Morgan fingerprint density at radius 2 is 1.02 bits per heavy atom. The van der Waals surface area contributed by atoms with Crippen LogP contribution in [0.5, 0.6) is 0 Å². The maximum Gasteiger partial charge on any atom is 0.160 e. The van der Waals surface area contributed by atoms with E-state index in [0.29, 0.717) is 0 Å². The first-order valence-corrected chi connectivity index (χ1v) is 19.7. The number of benzene rings is 8. The van der Waals surface area contributed by atoms with Crippen LogP contribution in [0.25, 0.3) is 99.7 Å². The predicted molar refractivity (Wildman–Crippen MR) is 237 cm³/mol. The van der Waals surface area contributed by atoms with Crippen LogP contribution in [0, 0.1) is 0 Å². The Morgan fingerprint density at radius 1 is 0.456 bits per heavy atom. The number of nitrogens with zero attached hydrogens (tertiary/aromatic N) is 4. The molecular formula is C53H36N4. The van der Waals surface area contributed by atoms with Gasteiger partial charge in [0.25, 0.3) is 0 Å². The number of fused-ring (bicyclic) bond motifs is 13. The summed E-state index contributed by atoms with van der Waals surface area (Å²) in [5.41, 5.74) is 16.0. The molecule has 11 aromatic rings. The Kier molecular flexibility index (Phi) is 6.65. The van der Waals surface area contributed by atoms with Crippen molar-refractivity contribution < 1.29 is 0 Å². The third kappa shape index (κ3) is 4.44. The molecule has 57 heavy (non-hydrogen) atoms.